The third kappa shape index (κ3) is 4.98. The largest absolute Gasteiger partial charge is 0.497 e. The summed E-state index contributed by atoms with van der Waals surface area (Å²) >= 11 is 0. The van der Waals surface area contributed by atoms with Gasteiger partial charge in [0.05, 0.1) is 19.3 Å². The van der Waals surface area contributed by atoms with Crippen LogP contribution in [0.4, 0.5) is 0 Å². The van der Waals surface area contributed by atoms with Crippen LogP contribution in [0.3, 0.4) is 0 Å². The fraction of sp³-hybridized carbons (Fsp3) is 0.542. The number of hydrogen-bond acceptors (Lipinski definition) is 5. The zero-order valence-electron chi connectivity index (χ0n) is 18.6. The van der Waals surface area contributed by atoms with Gasteiger partial charge in [-0.05, 0) is 49.9 Å². The van der Waals surface area contributed by atoms with Crippen molar-refractivity contribution in [1.82, 2.24) is 19.8 Å². The molecule has 1 aromatic carbocycles. The minimum absolute atomic E-state index is 0.0152. The van der Waals surface area contributed by atoms with E-state index in [1.165, 1.54) is 6.42 Å². The molecule has 1 aromatic heterocycles. The average Bonchev–Trinajstić information content (AvgIpc) is 3.19. The first kappa shape index (κ1) is 21.6. The Bertz CT molecular complexity index is 972. The van der Waals surface area contributed by atoms with Gasteiger partial charge in [0.2, 0.25) is 5.91 Å². The normalized spacial score (nSPS) is 24.4. The molecule has 4 rings (SSSR count). The molecule has 7 heteroatoms. The van der Waals surface area contributed by atoms with Crippen molar-refractivity contribution in [3.8, 4) is 5.75 Å². The van der Waals surface area contributed by atoms with Gasteiger partial charge in [-0.15, -0.1) is 0 Å². The van der Waals surface area contributed by atoms with E-state index < -0.39 is 0 Å². The van der Waals surface area contributed by atoms with Crippen molar-refractivity contribution < 1.29 is 9.53 Å². The number of hydrogen-bond donors (Lipinski definition) is 1. The molecule has 0 aliphatic carbocycles. The molecular formula is C24H32N4O3. The SMILES string of the molecule is COc1ccc([C@@H]2CN(C(=O)CN3CCCC(C)C3)C[C@H]2c2cc(=O)[nH]c(C)n2)cc1. The molecule has 3 heterocycles. The van der Waals surface area contributed by atoms with Crippen LogP contribution in [-0.4, -0.2) is 65.5 Å². The molecule has 0 bridgehead atoms. The van der Waals surface area contributed by atoms with Crippen LogP contribution in [0, 0.1) is 12.8 Å². The third-order valence-corrected chi connectivity index (χ3v) is 6.58. The zero-order valence-corrected chi connectivity index (χ0v) is 18.6. The molecular weight excluding hydrogens is 392 g/mol. The van der Waals surface area contributed by atoms with Crippen LogP contribution < -0.4 is 10.3 Å². The molecule has 2 aliphatic heterocycles. The predicted octanol–water partition coefficient (Wildman–Crippen LogP) is 2.53. The van der Waals surface area contributed by atoms with Gasteiger partial charge in [-0.25, -0.2) is 4.98 Å². The van der Waals surface area contributed by atoms with Gasteiger partial charge < -0.3 is 14.6 Å². The number of aromatic amines is 1. The fourth-order valence-electron chi connectivity index (χ4n) is 5.01. The van der Waals surface area contributed by atoms with Crippen LogP contribution in [0.1, 0.15) is 48.7 Å². The van der Waals surface area contributed by atoms with Crippen molar-refractivity contribution in [3.05, 3.63) is 57.8 Å². The molecule has 1 unspecified atom stereocenters. The number of likely N-dealkylation sites (tertiary alicyclic amines) is 2. The highest BCUT2D eigenvalue weighted by Gasteiger charge is 2.38. The van der Waals surface area contributed by atoms with Gasteiger partial charge in [-0.1, -0.05) is 19.1 Å². The molecule has 2 aliphatic rings. The first-order chi connectivity index (χ1) is 14.9. The summed E-state index contributed by atoms with van der Waals surface area (Å²) < 4.78 is 5.30. The Balaban J connectivity index is 1.57. The number of piperidine rings is 1. The van der Waals surface area contributed by atoms with Gasteiger partial charge in [0.1, 0.15) is 11.6 Å². The number of methoxy groups -OCH3 is 1. The Morgan fingerprint density at radius 2 is 1.94 bits per heavy atom. The van der Waals surface area contributed by atoms with Crippen LogP contribution >= 0.6 is 0 Å². The second-order valence-electron chi connectivity index (χ2n) is 9.02. The minimum Gasteiger partial charge on any atom is -0.497 e. The predicted molar refractivity (Wildman–Crippen MR) is 119 cm³/mol. The number of aryl methyl sites for hydroxylation is 1. The number of benzene rings is 1. The number of nitrogens with zero attached hydrogens (tertiary/aromatic N) is 3. The highest BCUT2D eigenvalue weighted by molar-refractivity contribution is 5.79. The molecule has 0 spiro atoms. The van der Waals surface area contributed by atoms with E-state index in [-0.39, 0.29) is 23.3 Å². The lowest BCUT2D eigenvalue weighted by Gasteiger charge is -2.31. The molecule has 1 amide bonds. The quantitative estimate of drug-likeness (QED) is 0.798. The van der Waals surface area contributed by atoms with E-state index in [4.69, 9.17) is 4.74 Å². The summed E-state index contributed by atoms with van der Waals surface area (Å²) in [5, 5.41) is 0. The third-order valence-electron chi connectivity index (χ3n) is 6.58. The van der Waals surface area contributed by atoms with E-state index in [2.05, 4.69) is 33.9 Å². The number of ether oxygens (including phenoxy) is 1. The number of nitrogens with one attached hydrogen (secondary N) is 1. The maximum Gasteiger partial charge on any atom is 0.251 e. The van der Waals surface area contributed by atoms with Crippen molar-refractivity contribution in [2.24, 2.45) is 5.92 Å². The molecule has 2 fully saturated rings. The monoisotopic (exact) mass is 424 g/mol. The first-order valence-corrected chi connectivity index (χ1v) is 11.1. The average molecular weight is 425 g/mol. The summed E-state index contributed by atoms with van der Waals surface area (Å²) in [5.41, 5.74) is 1.74. The van der Waals surface area contributed by atoms with Gasteiger partial charge in [0.25, 0.3) is 5.56 Å². The van der Waals surface area contributed by atoms with E-state index in [9.17, 15) is 9.59 Å². The van der Waals surface area contributed by atoms with Gasteiger partial charge in [0.15, 0.2) is 0 Å². The lowest BCUT2D eigenvalue weighted by molar-refractivity contribution is -0.131. The van der Waals surface area contributed by atoms with E-state index in [1.807, 2.05) is 17.0 Å². The summed E-state index contributed by atoms with van der Waals surface area (Å²) in [6.07, 6.45) is 2.39. The summed E-state index contributed by atoms with van der Waals surface area (Å²) in [7, 11) is 1.65. The number of rotatable bonds is 5. The molecule has 31 heavy (non-hydrogen) atoms. The number of H-pyrrole nitrogens is 1. The van der Waals surface area contributed by atoms with Crippen LogP contribution in [0.25, 0.3) is 0 Å². The zero-order chi connectivity index (χ0) is 22.0. The lowest BCUT2D eigenvalue weighted by Crippen LogP contribution is -2.43. The molecule has 3 atom stereocenters. The number of amides is 1. The molecule has 2 aromatic rings. The van der Waals surface area contributed by atoms with Crippen LogP contribution in [-0.2, 0) is 4.79 Å². The molecule has 0 saturated carbocycles. The number of aromatic nitrogens is 2. The standard InChI is InChI=1S/C24H32N4O3/c1-16-5-4-10-27(12-16)15-24(30)28-13-20(18-6-8-19(31-3)9-7-18)21(14-28)22-11-23(29)26-17(2)25-22/h6-9,11,16,20-21H,4-5,10,12-15H2,1-3H3,(H,25,26,29)/t16?,20-,21+/m0/s1. The van der Waals surface area contributed by atoms with Crippen molar-refractivity contribution in [2.45, 2.75) is 38.5 Å². The van der Waals surface area contributed by atoms with Gasteiger partial charge in [-0.2, -0.15) is 0 Å². The summed E-state index contributed by atoms with van der Waals surface area (Å²) in [6, 6.07) is 9.58. The van der Waals surface area contributed by atoms with Crippen LogP contribution in [0.15, 0.2) is 35.1 Å². The number of carbonyl (C=O) groups excluding carboxylic acids is 1. The first-order valence-electron chi connectivity index (χ1n) is 11.1. The van der Waals surface area contributed by atoms with Crippen molar-refractivity contribution >= 4 is 5.91 Å². The highest BCUT2D eigenvalue weighted by atomic mass is 16.5. The van der Waals surface area contributed by atoms with Crippen molar-refractivity contribution in [1.29, 1.82) is 0 Å². The lowest BCUT2D eigenvalue weighted by atomic mass is 9.86. The van der Waals surface area contributed by atoms with Crippen LogP contribution in [0.2, 0.25) is 0 Å². The van der Waals surface area contributed by atoms with E-state index >= 15 is 0 Å². The minimum atomic E-state index is -0.150. The summed E-state index contributed by atoms with van der Waals surface area (Å²) in [4.78, 5) is 36.9. The smallest absolute Gasteiger partial charge is 0.251 e. The fourth-order valence-corrected chi connectivity index (χ4v) is 5.01. The molecule has 166 valence electrons. The Hall–Kier alpha value is -2.67. The maximum absolute atomic E-state index is 13.2. The van der Waals surface area contributed by atoms with Crippen molar-refractivity contribution in [3.63, 3.8) is 0 Å². The van der Waals surface area contributed by atoms with E-state index in [0.29, 0.717) is 31.4 Å². The Morgan fingerprint density at radius 3 is 2.61 bits per heavy atom. The van der Waals surface area contributed by atoms with Gasteiger partial charge in [-0.3, -0.25) is 14.5 Å². The Labute approximate surface area is 183 Å². The van der Waals surface area contributed by atoms with Gasteiger partial charge in [0, 0.05) is 37.5 Å². The molecule has 0 radical (unpaired) electrons. The summed E-state index contributed by atoms with van der Waals surface area (Å²) in [6.45, 7) is 7.70. The van der Waals surface area contributed by atoms with E-state index in [1.54, 1.807) is 20.1 Å². The topological polar surface area (TPSA) is 78.5 Å². The molecule has 7 nitrogen and oxygen atoms in total. The number of carbonyl (C=O) groups is 1. The van der Waals surface area contributed by atoms with Crippen molar-refractivity contribution in [2.75, 3.05) is 39.8 Å². The second kappa shape index (κ2) is 9.22. The Morgan fingerprint density at radius 1 is 1.19 bits per heavy atom. The summed E-state index contributed by atoms with van der Waals surface area (Å²) in [5.74, 6) is 2.28. The Kier molecular flexibility index (Phi) is 6.41. The van der Waals surface area contributed by atoms with E-state index in [0.717, 1.165) is 36.5 Å². The van der Waals surface area contributed by atoms with Gasteiger partial charge >= 0.3 is 0 Å². The highest BCUT2D eigenvalue weighted by Crippen LogP contribution is 2.39. The molecule has 1 N–H and O–H groups in total. The molecule has 2 saturated heterocycles. The van der Waals surface area contributed by atoms with Crippen LogP contribution in [0.5, 0.6) is 5.75 Å². The second-order valence-corrected chi connectivity index (χ2v) is 9.02. The maximum atomic E-state index is 13.2.